The van der Waals surface area contributed by atoms with Crippen molar-refractivity contribution in [2.75, 3.05) is 6.54 Å². The fraction of sp³-hybridized carbons (Fsp3) is 0.429. The molecule has 21 heavy (non-hydrogen) atoms. The molecule has 0 aliphatic rings. The summed E-state index contributed by atoms with van der Waals surface area (Å²) in [4.78, 5) is 23.5. The van der Waals surface area contributed by atoms with Crippen LogP contribution in [-0.2, 0) is 9.59 Å². The third kappa shape index (κ3) is 5.55. The van der Waals surface area contributed by atoms with Crippen LogP contribution in [-0.4, -0.2) is 30.5 Å². The number of hydrogen-bond acceptors (Lipinski definition) is 3. The summed E-state index contributed by atoms with van der Waals surface area (Å²) in [6.07, 6.45) is -0.737. The second kappa shape index (κ2) is 8.24. The molecule has 7 heteroatoms. The third-order valence-electron chi connectivity index (χ3n) is 2.67. The summed E-state index contributed by atoms with van der Waals surface area (Å²) >= 11 is 9.15. The number of likely N-dealkylation sites (N-methyl/N-ethyl adjacent to an activating group) is 1. The SMILES string of the molecule is CCNC(=O)C(C)NC(=O)C(C)Oc1ccc(Cl)cc1Br. The van der Waals surface area contributed by atoms with Gasteiger partial charge in [-0.05, 0) is 54.9 Å². The van der Waals surface area contributed by atoms with Gasteiger partial charge in [0.2, 0.25) is 5.91 Å². The third-order valence-corrected chi connectivity index (χ3v) is 3.52. The first kappa shape index (κ1) is 17.8. The molecule has 1 aromatic rings. The normalized spacial score (nSPS) is 13.2. The Morgan fingerprint density at radius 3 is 2.57 bits per heavy atom. The van der Waals surface area contributed by atoms with Crippen molar-refractivity contribution in [2.45, 2.75) is 32.9 Å². The molecule has 116 valence electrons. The highest BCUT2D eigenvalue weighted by molar-refractivity contribution is 9.10. The van der Waals surface area contributed by atoms with Crippen LogP contribution in [0.1, 0.15) is 20.8 Å². The Morgan fingerprint density at radius 2 is 2.00 bits per heavy atom. The standard InChI is InChI=1S/C14H18BrClN2O3/c1-4-17-13(19)8(2)18-14(20)9(3)21-12-6-5-10(16)7-11(12)15/h5-9H,4H2,1-3H3,(H,17,19)(H,18,20). The number of hydrogen-bond donors (Lipinski definition) is 2. The molecule has 2 unspecified atom stereocenters. The first-order valence-electron chi connectivity index (χ1n) is 6.55. The number of ether oxygens (including phenoxy) is 1. The van der Waals surface area contributed by atoms with Crippen LogP contribution in [0.4, 0.5) is 0 Å². The smallest absolute Gasteiger partial charge is 0.261 e. The zero-order valence-corrected chi connectivity index (χ0v) is 14.4. The largest absolute Gasteiger partial charge is 0.480 e. The van der Waals surface area contributed by atoms with Crippen molar-refractivity contribution >= 4 is 39.3 Å². The van der Waals surface area contributed by atoms with Crippen molar-refractivity contribution in [3.8, 4) is 5.75 Å². The maximum absolute atomic E-state index is 12.0. The van der Waals surface area contributed by atoms with Crippen LogP contribution in [0.5, 0.6) is 5.75 Å². The Balaban J connectivity index is 2.60. The van der Waals surface area contributed by atoms with Crippen LogP contribution < -0.4 is 15.4 Å². The van der Waals surface area contributed by atoms with E-state index in [9.17, 15) is 9.59 Å². The van der Waals surface area contributed by atoms with Crippen LogP contribution in [0.3, 0.4) is 0 Å². The highest BCUT2D eigenvalue weighted by Gasteiger charge is 2.21. The molecule has 0 heterocycles. The van der Waals surface area contributed by atoms with Gasteiger partial charge in [-0.25, -0.2) is 0 Å². The van der Waals surface area contributed by atoms with E-state index in [4.69, 9.17) is 16.3 Å². The molecule has 1 rings (SSSR count). The van der Waals surface area contributed by atoms with Crippen molar-refractivity contribution in [3.63, 3.8) is 0 Å². The van der Waals surface area contributed by atoms with E-state index in [0.29, 0.717) is 21.8 Å². The number of amides is 2. The van der Waals surface area contributed by atoms with Crippen molar-refractivity contribution in [1.82, 2.24) is 10.6 Å². The van der Waals surface area contributed by atoms with Gasteiger partial charge in [0.05, 0.1) is 4.47 Å². The first-order valence-corrected chi connectivity index (χ1v) is 7.72. The fourth-order valence-corrected chi connectivity index (χ4v) is 2.31. The zero-order valence-electron chi connectivity index (χ0n) is 12.1. The summed E-state index contributed by atoms with van der Waals surface area (Å²) in [5, 5.41) is 5.80. The minimum atomic E-state index is -0.737. The molecule has 5 nitrogen and oxygen atoms in total. The number of carbonyl (C=O) groups is 2. The molecule has 0 saturated carbocycles. The molecule has 2 N–H and O–H groups in total. The average Bonchev–Trinajstić information content (AvgIpc) is 2.41. The van der Waals surface area contributed by atoms with Crippen LogP contribution in [0.15, 0.2) is 22.7 Å². The molecule has 0 aliphatic carbocycles. The van der Waals surface area contributed by atoms with E-state index in [-0.39, 0.29) is 11.8 Å². The first-order chi connectivity index (χ1) is 9.85. The molecule has 2 atom stereocenters. The maximum Gasteiger partial charge on any atom is 0.261 e. The Kier molecular flexibility index (Phi) is 6.98. The van der Waals surface area contributed by atoms with E-state index in [1.807, 2.05) is 6.92 Å². The number of halogens is 2. The maximum atomic E-state index is 12.0. The van der Waals surface area contributed by atoms with Gasteiger partial charge in [0.1, 0.15) is 11.8 Å². The molecule has 2 amide bonds. The lowest BCUT2D eigenvalue weighted by atomic mass is 10.2. The molecule has 0 aliphatic heterocycles. The van der Waals surface area contributed by atoms with Gasteiger partial charge in [-0.1, -0.05) is 11.6 Å². The molecule has 0 bridgehead atoms. The molecule has 1 aromatic carbocycles. The summed E-state index contributed by atoms with van der Waals surface area (Å²) in [6, 6.07) is 4.41. The van der Waals surface area contributed by atoms with Gasteiger partial charge in [-0.2, -0.15) is 0 Å². The lowest BCUT2D eigenvalue weighted by Gasteiger charge is -2.18. The molecule has 0 saturated heterocycles. The van der Waals surface area contributed by atoms with E-state index in [1.165, 1.54) is 0 Å². The summed E-state index contributed by atoms with van der Waals surface area (Å²) < 4.78 is 6.21. The molecular formula is C14H18BrClN2O3. The molecule has 0 spiro atoms. The van der Waals surface area contributed by atoms with E-state index in [1.54, 1.807) is 32.0 Å². The molecular weight excluding hydrogens is 360 g/mol. The van der Waals surface area contributed by atoms with Crippen LogP contribution in [0.25, 0.3) is 0 Å². The highest BCUT2D eigenvalue weighted by atomic mass is 79.9. The van der Waals surface area contributed by atoms with Gasteiger partial charge in [0.15, 0.2) is 6.10 Å². The van der Waals surface area contributed by atoms with Gasteiger partial charge < -0.3 is 15.4 Å². The van der Waals surface area contributed by atoms with Gasteiger partial charge in [0, 0.05) is 11.6 Å². The predicted molar refractivity (Wildman–Crippen MR) is 85.5 cm³/mol. The second-order valence-electron chi connectivity index (χ2n) is 4.46. The van der Waals surface area contributed by atoms with Crippen LogP contribution >= 0.6 is 27.5 Å². The lowest BCUT2D eigenvalue weighted by Crippen LogP contribution is -2.48. The summed E-state index contributed by atoms with van der Waals surface area (Å²) in [6.45, 7) is 5.56. The monoisotopic (exact) mass is 376 g/mol. The Hall–Kier alpha value is -1.27. The Morgan fingerprint density at radius 1 is 1.33 bits per heavy atom. The minimum Gasteiger partial charge on any atom is -0.480 e. The van der Waals surface area contributed by atoms with Gasteiger partial charge in [0.25, 0.3) is 5.91 Å². The number of rotatable bonds is 6. The van der Waals surface area contributed by atoms with Crippen molar-refractivity contribution in [2.24, 2.45) is 0 Å². The van der Waals surface area contributed by atoms with E-state index < -0.39 is 12.1 Å². The fourth-order valence-electron chi connectivity index (χ4n) is 1.54. The summed E-state index contributed by atoms with van der Waals surface area (Å²) in [7, 11) is 0. The van der Waals surface area contributed by atoms with E-state index in [2.05, 4.69) is 26.6 Å². The van der Waals surface area contributed by atoms with Crippen molar-refractivity contribution in [3.05, 3.63) is 27.7 Å². The van der Waals surface area contributed by atoms with Gasteiger partial charge in [-0.15, -0.1) is 0 Å². The quantitative estimate of drug-likeness (QED) is 0.800. The van der Waals surface area contributed by atoms with Crippen LogP contribution in [0.2, 0.25) is 5.02 Å². The van der Waals surface area contributed by atoms with E-state index >= 15 is 0 Å². The Bertz CT molecular complexity index is 525. The van der Waals surface area contributed by atoms with Gasteiger partial charge >= 0.3 is 0 Å². The lowest BCUT2D eigenvalue weighted by molar-refractivity contribution is -0.132. The number of nitrogens with one attached hydrogen (secondary N) is 2. The second-order valence-corrected chi connectivity index (χ2v) is 5.75. The van der Waals surface area contributed by atoms with Gasteiger partial charge in [-0.3, -0.25) is 9.59 Å². The highest BCUT2D eigenvalue weighted by Crippen LogP contribution is 2.28. The zero-order chi connectivity index (χ0) is 16.0. The number of carbonyl (C=O) groups excluding carboxylic acids is 2. The van der Waals surface area contributed by atoms with Crippen LogP contribution in [0, 0.1) is 0 Å². The molecule has 0 aromatic heterocycles. The molecule has 0 fully saturated rings. The molecule has 0 radical (unpaired) electrons. The Labute approximate surface area is 137 Å². The summed E-state index contributed by atoms with van der Waals surface area (Å²) in [5.41, 5.74) is 0. The minimum absolute atomic E-state index is 0.231. The summed E-state index contributed by atoms with van der Waals surface area (Å²) in [5.74, 6) is -0.0889. The van der Waals surface area contributed by atoms with Crippen molar-refractivity contribution in [1.29, 1.82) is 0 Å². The predicted octanol–water partition coefficient (Wildman–Crippen LogP) is 2.51. The topological polar surface area (TPSA) is 67.4 Å². The number of benzene rings is 1. The van der Waals surface area contributed by atoms with Crippen molar-refractivity contribution < 1.29 is 14.3 Å². The van der Waals surface area contributed by atoms with E-state index in [0.717, 1.165) is 0 Å². The average molecular weight is 378 g/mol.